The van der Waals surface area contributed by atoms with Gasteiger partial charge in [0.15, 0.2) is 28.3 Å². The van der Waals surface area contributed by atoms with Crippen LogP contribution in [0.2, 0.25) is 0 Å². The number of benzene rings is 2. The van der Waals surface area contributed by atoms with Gasteiger partial charge in [-0.25, -0.2) is 4.39 Å². The SMILES string of the molecule is O=C(CSc1nnc(-c2ccccc2F)n1C1CCCCC1)c1ccc2c(c1)OCCO2. The lowest BCUT2D eigenvalue weighted by Crippen LogP contribution is -2.16. The van der Waals surface area contributed by atoms with Gasteiger partial charge in [-0.15, -0.1) is 10.2 Å². The zero-order valence-electron chi connectivity index (χ0n) is 17.6. The Hall–Kier alpha value is -2.87. The van der Waals surface area contributed by atoms with E-state index in [-0.39, 0.29) is 23.4 Å². The van der Waals surface area contributed by atoms with Crippen LogP contribution in [-0.2, 0) is 0 Å². The number of fused-ring (bicyclic) bond motifs is 1. The summed E-state index contributed by atoms with van der Waals surface area (Å²) in [4.78, 5) is 12.9. The quantitative estimate of drug-likeness (QED) is 0.371. The van der Waals surface area contributed by atoms with Gasteiger partial charge in [0.1, 0.15) is 19.0 Å². The molecule has 3 aromatic rings. The van der Waals surface area contributed by atoms with Gasteiger partial charge in [-0.1, -0.05) is 43.2 Å². The van der Waals surface area contributed by atoms with Crippen molar-refractivity contribution in [3.63, 3.8) is 0 Å². The van der Waals surface area contributed by atoms with Gasteiger partial charge < -0.3 is 9.47 Å². The van der Waals surface area contributed by atoms with Crippen molar-refractivity contribution in [2.24, 2.45) is 0 Å². The second-order valence-electron chi connectivity index (χ2n) is 8.02. The van der Waals surface area contributed by atoms with Crippen molar-refractivity contribution in [1.82, 2.24) is 14.8 Å². The summed E-state index contributed by atoms with van der Waals surface area (Å²) < 4.78 is 27.7. The highest BCUT2D eigenvalue weighted by Crippen LogP contribution is 2.37. The molecule has 0 saturated heterocycles. The third-order valence-corrected chi connectivity index (χ3v) is 6.86. The molecule has 2 heterocycles. The number of ketones is 1. The maximum Gasteiger partial charge on any atom is 0.192 e. The molecule has 2 aromatic carbocycles. The van der Waals surface area contributed by atoms with Crippen LogP contribution in [0.5, 0.6) is 11.5 Å². The number of thioether (sulfide) groups is 1. The molecule has 0 radical (unpaired) electrons. The Bertz CT molecular complexity index is 1130. The van der Waals surface area contributed by atoms with Gasteiger partial charge in [0, 0.05) is 11.6 Å². The molecule has 1 saturated carbocycles. The number of carbonyl (C=O) groups excluding carboxylic acids is 1. The molecule has 0 N–H and O–H groups in total. The van der Waals surface area contributed by atoms with Crippen LogP contribution in [0.3, 0.4) is 0 Å². The van der Waals surface area contributed by atoms with Crippen LogP contribution in [0.25, 0.3) is 11.4 Å². The highest BCUT2D eigenvalue weighted by molar-refractivity contribution is 7.99. The largest absolute Gasteiger partial charge is 0.486 e. The lowest BCUT2D eigenvalue weighted by molar-refractivity contribution is 0.102. The van der Waals surface area contributed by atoms with Crippen LogP contribution in [0.4, 0.5) is 4.39 Å². The molecule has 1 aliphatic heterocycles. The summed E-state index contributed by atoms with van der Waals surface area (Å²) in [5, 5.41) is 9.35. The minimum absolute atomic E-state index is 0.0300. The lowest BCUT2D eigenvalue weighted by atomic mass is 9.95. The highest BCUT2D eigenvalue weighted by atomic mass is 32.2. The fraction of sp³-hybridized carbons (Fsp3) is 0.375. The first-order chi connectivity index (χ1) is 15.7. The number of nitrogens with zero attached hydrogens (tertiary/aromatic N) is 3. The van der Waals surface area contributed by atoms with E-state index in [1.54, 1.807) is 36.4 Å². The maximum atomic E-state index is 14.5. The van der Waals surface area contributed by atoms with Gasteiger partial charge in [0.25, 0.3) is 0 Å². The van der Waals surface area contributed by atoms with Crippen LogP contribution in [0.15, 0.2) is 47.6 Å². The summed E-state index contributed by atoms with van der Waals surface area (Å²) in [6, 6.07) is 12.1. The predicted molar refractivity (Wildman–Crippen MR) is 120 cm³/mol. The van der Waals surface area contributed by atoms with E-state index >= 15 is 0 Å². The average molecular weight is 454 g/mol. The zero-order chi connectivity index (χ0) is 21.9. The van der Waals surface area contributed by atoms with E-state index in [4.69, 9.17) is 9.47 Å². The summed E-state index contributed by atoms with van der Waals surface area (Å²) in [5.74, 6) is 1.65. The molecule has 2 aliphatic rings. The first-order valence-electron chi connectivity index (χ1n) is 11.0. The number of rotatable bonds is 6. The van der Waals surface area contributed by atoms with E-state index in [1.165, 1.54) is 24.2 Å². The first kappa shape index (κ1) is 21.0. The number of halogens is 1. The number of Topliss-reactive ketones (excluding diaryl/α,β-unsaturated/α-hetero) is 1. The average Bonchev–Trinajstić information content (AvgIpc) is 3.26. The lowest BCUT2D eigenvalue weighted by Gasteiger charge is -2.25. The van der Waals surface area contributed by atoms with Gasteiger partial charge in [0.05, 0.1) is 11.3 Å². The minimum Gasteiger partial charge on any atom is -0.486 e. The summed E-state index contributed by atoms with van der Waals surface area (Å²) in [6.07, 6.45) is 5.46. The van der Waals surface area contributed by atoms with Crippen molar-refractivity contribution in [3.05, 3.63) is 53.8 Å². The van der Waals surface area contributed by atoms with Gasteiger partial charge >= 0.3 is 0 Å². The molecule has 32 heavy (non-hydrogen) atoms. The van der Waals surface area contributed by atoms with Crippen LogP contribution in [-0.4, -0.2) is 39.5 Å². The molecule has 8 heteroatoms. The number of hydrogen-bond acceptors (Lipinski definition) is 6. The Morgan fingerprint density at radius 3 is 2.62 bits per heavy atom. The topological polar surface area (TPSA) is 66.2 Å². The Morgan fingerprint density at radius 2 is 1.81 bits per heavy atom. The van der Waals surface area contributed by atoms with Crippen LogP contribution in [0.1, 0.15) is 48.5 Å². The third kappa shape index (κ3) is 4.24. The summed E-state index contributed by atoms with van der Waals surface area (Å²) >= 11 is 1.35. The summed E-state index contributed by atoms with van der Waals surface area (Å²) in [5.41, 5.74) is 1.01. The Morgan fingerprint density at radius 1 is 1.03 bits per heavy atom. The predicted octanol–water partition coefficient (Wildman–Crippen LogP) is 5.34. The summed E-state index contributed by atoms with van der Waals surface area (Å²) in [6.45, 7) is 0.986. The minimum atomic E-state index is -0.319. The van der Waals surface area contributed by atoms with Crippen molar-refractivity contribution in [2.75, 3.05) is 19.0 Å². The van der Waals surface area contributed by atoms with E-state index in [0.717, 1.165) is 25.7 Å². The molecule has 1 aliphatic carbocycles. The number of aromatic nitrogens is 3. The molecular formula is C24H24FN3O3S. The molecule has 0 atom stereocenters. The third-order valence-electron chi connectivity index (χ3n) is 5.92. The normalized spacial score (nSPS) is 16.2. The standard InChI is InChI=1S/C24H24FN3O3S/c25-19-9-5-4-8-18(19)23-26-27-24(28(23)17-6-2-1-3-7-17)32-15-20(29)16-10-11-21-22(14-16)31-13-12-30-21/h4-5,8-11,14,17H,1-3,6-7,12-13,15H2. The van der Waals surface area contributed by atoms with Crippen LogP contribution >= 0.6 is 11.8 Å². The van der Waals surface area contributed by atoms with E-state index in [1.807, 2.05) is 4.57 Å². The highest BCUT2D eigenvalue weighted by Gasteiger charge is 2.26. The van der Waals surface area contributed by atoms with E-state index in [0.29, 0.717) is 46.8 Å². The van der Waals surface area contributed by atoms with Crippen molar-refractivity contribution in [3.8, 4) is 22.9 Å². The molecule has 166 valence electrons. The Balaban J connectivity index is 1.40. The molecule has 0 unspecified atom stereocenters. The molecule has 5 rings (SSSR count). The number of hydrogen-bond donors (Lipinski definition) is 0. The summed E-state index contributed by atoms with van der Waals surface area (Å²) in [7, 11) is 0. The van der Waals surface area contributed by atoms with Crippen molar-refractivity contribution in [1.29, 1.82) is 0 Å². The van der Waals surface area contributed by atoms with Crippen molar-refractivity contribution in [2.45, 2.75) is 43.3 Å². The Kier molecular flexibility index (Phi) is 6.12. The molecule has 6 nitrogen and oxygen atoms in total. The van der Waals surface area contributed by atoms with E-state index < -0.39 is 0 Å². The molecule has 1 aromatic heterocycles. The van der Waals surface area contributed by atoms with Gasteiger partial charge in [0.2, 0.25) is 0 Å². The maximum absolute atomic E-state index is 14.5. The van der Waals surface area contributed by atoms with Crippen molar-refractivity contribution >= 4 is 17.5 Å². The molecule has 0 spiro atoms. The first-order valence-corrected chi connectivity index (χ1v) is 11.9. The second-order valence-corrected chi connectivity index (χ2v) is 8.96. The van der Waals surface area contributed by atoms with Gasteiger partial charge in [-0.3, -0.25) is 9.36 Å². The number of ether oxygens (including phenoxy) is 2. The fourth-order valence-electron chi connectivity index (χ4n) is 4.30. The van der Waals surface area contributed by atoms with Gasteiger partial charge in [-0.05, 0) is 43.2 Å². The van der Waals surface area contributed by atoms with E-state index in [9.17, 15) is 9.18 Å². The molecule has 1 fully saturated rings. The Labute approximate surface area is 190 Å². The smallest absolute Gasteiger partial charge is 0.192 e. The molecule has 0 bridgehead atoms. The van der Waals surface area contributed by atoms with Crippen LogP contribution in [0, 0.1) is 5.82 Å². The van der Waals surface area contributed by atoms with E-state index in [2.05, 4.69) is 10.2 Å². The van der Waals surface area contributed by atoms with Crippen LogP contribution < -0.4 is 9.47 Å². The van der Waals surface area contributed by atoms with Gasteiger partial charge in [-0.2, -0.15) is 0 Å². The number of carbonyl (C=O) groups is 1. The second kappa shape index (κ2) is 9.32. The van der Waals surface area contributed by atoms with Crippen molar-refractivity contribution < 1.29 is 18.7 Å². The monoisotopic (exact) mass is 453 g/mol. The molecule has 0 amide bonds. The zero-order valence-corrected chi connectivity index (χ0v) is 18.4. The molecular weight excluding hydrogens is 429 g/mol. The fourth-order valence-corrected chi connectivity index (χ4v) is 5.20.